The van der Waals surface area contributed by atoms with Crippen molar-refractivity contribution in [1.82, 2.24) is 9.88 Å². The zero-order valence-corrected chi connectivity index (χ0v) is 32.5. The number of benzene rings is 8. The summed E-state index contributed by atoms with van der Waals surface area (Å²) in [6.45, 7) is 0. The highest BCUT2D eigenvalue weighted by molar-refractivity contribution is 6.09. The fourth-order valence-corrected chi connectivity index (χ4v) is 8.49. The number of hydrogen-bond acceptors (Lipinski definition) is 2. The smallest absolute Gasteiger partial charge is 0.0541 e. The molecule has 1 heterocycles. The van der Waals surface area contributed by atoms with Crippen LogP contribution in [0.3, 0.4) is 0 Å². The number of nitrogens with zero attached hydrogens (tertiary/aromatic N) is 2. The first-order chi connectivity index (χ1) is 28.7. The third-order valence-electron chi connectivity index (χ3n) is 11.6. The molecule has 0 radical (unpaired) electrons. The first-order valence-electron chi connectivity index (χ1n) is 20.1. The van der Waals surface area contributed by atoms with E-state index in [0.29, 0.717) is 5.92 Å². The van der Waals surface area contributed by atoms with Gasteiger partial charge in [0.05, 0.1) is 11.0 Å². The molecular weight excluding hydrogens is 703 g/mol. The fourth-order valence-electron chi connectivity index (χ4n) is 8.49. The van der Waals surface area contributed by atoms with Crippen molar-refractivity contribution < 1.29 is 0 Å². The van der Waals surface area contributed by atoms with Crippen LogP contribution in [-0.4, -0.2) is 11.6 Å². The highest BCUT2D eigenvalue weighted by atomic mass is 15.1. The second-order valence-electron chi connectivity index (χ2n) is 15.0. The summed E-state index contributed by atoms with van der Waals surface area (Å²) in [5.41, 5.74) is 16.6. The molecule has 3 heteroatoms. The Balaban J connectivity index is 0.982. The lowest BCUT2D eigenvalue weighted by atomic mass is 9.91. The third-order valence-corrected chi connectivity index (χ3v) is 11.6. The minimum Gasteiger partial charge on any atom is -0.388 e. The van der Waals surface area contributed by atoms with Gasteiger partial charge in [-0.05, 0) is 112 Å². The molecule has 1 N–H and O–H groups in total. The molecule has 9 aromatic rings. The minimum absolute atomic E-state index is 0.365. The van der Waals surface area contributed by atoms with Crippen LogP contribution in [0.15, 0.2) is 224 Å². The second kappa shape index (κ2) is 15.3. The van der Waals surface area contributed by atoms with Crippen LogP contribution < -0.4 is 10.2 Å². The van der Waals surface area contributed by atoms with E-state index in [2.05, 4.69) is 233 Å². The normalized spacial score (nSPS) is 13.7. The van der Waals surface area contributed by atoms with Crippen molar-refractivity contribution in [2.24, 2.45) is 0 Å². The Morgan fingerprint density at radius 2 is 0.931 bits per heavy atom. The summed E-state index contributed by atoms with van der Waals surface area (Å²) in [5, 5.41) is 5.80. The summed E-state index contributed by atoms with van der Waals surface area (Å²) in [7, 11) is 1.98. The molecule has 0 bridgehead atoms. The Labute approximate surface area is 340 Å². The number of aromatic nitrogens is 1. The van der Waals surface area contributed by atoms with Crippen LogP contribution in [0, 0.1) is 0 Å². The zero-order chi connectivity index (χ0) is 38.8. The Hall–Kier alpha value is -7.36. The van der Waals surface area contributed by atoms with Crippen LogP contribution in [-0.2, 0) is 0 Å². The molecule has 58 heavy (non-hydrogen) atoms. The van der Waals surface area contributed by atoms with E-state index in [9.17, 15) is 0 Å². The standard InChI is InChI=1S/C55H43N3/c1-56-47-30-22-42(23-31-47)44-26-34-49(35-27-44)57(48-32-24-43(25-33-48)41-20-18-40(19-21-41)39-10-3-2-4-11-39)50-36-28-45(29-37-50)46-12-9-13-51(38-46)58-54-16-7-5-14-52(54)53-15-6-8-17-55(53)58/h2-22,24-38,42,56H,23H2,1H3. The SMILES string of the molecule is CNC1=CCC(c2ccc(N(c3ccc(-c4ccc(-c5ccccc5)cc4)cc3)c3ccc(-c4cccc(-n5c6ccccc6c6ccccc65)c4)cc3)cc2)C=C1. The van der Waals surface area contributed by atoms with Crippen molar-refractivity contribution in [2.45, 2.75) is 12.3 Å². The van der Waals surface area contributed by atoms with E-state index in [4.69, 9.17) is 0 Å². The molecule has 1 aliphatic carbocycles. The molecule has 0 saturated carbocycles. The van der Waals surface area contributed by atoms with Crippen LogP contribution in [0.1, 0.15) is 17.9 Å². The van der Waals surface area contributed by atoms with E-state index in [1.165, 1.54) is 66.4 Å². The van der Waals surface area contributed by atoms with E-state index >= 15 is 0 Å². The lowest BCUT2D eigenvalue weighted by Crippen LogP contribution is -2.10. The van der Waals surface area contributed by atoms with Gasteiger partial charge in [-0.1, -0.05) is 152 Å². The van der Waals surface area contributed by atoms with Crippen molar-refractivity contribution in [1.29, 1.82) is 0 Å². The maximum atomic E-state index is 3.26. The molecule has 1 aromatic heterocycles. The van der Waals surface area contributed by atoms with Gasteiger partial charge in [-0.25, -0.2) is 0 Å². The van der Waals surface area contributed by atoms with Crippen LogP contribution in [0.5, 0.6) is 0 Å². The molecule has 278 valence electrons. The summed E-state index contributed by atoms with van der Waals surface area (Å²) in [5.74, 6) is 0.365. The number of likely N-dealkylation sites (N-methyl/N-ethyl adjacent to an activating group) is 1. The van der Waals surface area contributed by atoms with Gasteiger partial charge in [-0.3, -0.25) is 0 Å². The van der Waals surface area contributed by atoms with Crippen LogP contribution in [0.4, 0.5) is 17.1 Å². The molecule has 0 fully saturated rings. The highest BCUT2D eigenvalue weighted by Crippen LogP contribution is 2.39. The zero-order valence-electron chi connectivity index (χ0n) is 32.5. The number of para-hydroxylation sites is 2. The van der Waals surface area contributed by atoms with Crippen LogP contribution in [0.2, 0.25) is 0 Å². The molecule has 0 amide bonds. The third kappa shape index (κ3) is 6.67. The van der Waals surface area contributed by atoms with Gasteiger partial charge in [0.1, 0.15) is 0 Å². The molecule has 0 aliphatic heterocycles. The van der Waals surface area contributed by atoms with Crippen molar-refractivity contribution in [3.63, 3.8) is 0 Å². The first kappa shape index (κ1) is 35.1. The number of fused-ring (bicyclic) bond motifs is 3. The van der Waals surface area contributed by atoms with Gasteiger partial charge >= 0.3 is 0 Å². The number of anilines is 3. The van der Waals surface area contributed by atoms with E-state index in [-0.39, 0.29) is 0 Å². The molecule has 10 rings (SSSR count). The monoisotopic (exact) mass is 745 g/mol. The van der Waals surface area contributed by atoms with Crippen LogP contribution >= 0.6 is 0 Å². The number of rotatable bonds is 9. The van der Waals surface area contributed by atoms with E-state index in [1.54, 1.807) is 0 Å². The lowest BCUT2D eigenvalue weighted by molar-refractivity contribution is 0.825. The number of allylic oxidation sites excluding steroid dienone is 3. The average Bonchev–Trinajstić information content (AvgIpc) is 3.65. The summed E-state index contributed by atoms with van der Waals surface area (Å²) in [6.07, 6.45) is 7.76. The first-order valence-corrected chi connectivity index (χ1v) is 20.1. The maximum Gasteiger partial charge on any atom is 0.0541 e. The quantitative estimate of drug-likeness (QED) is 0.159. The molecule has 0 spiro atoms. The Morgan fingerprint density at radius 1 is 0.466 bits per heavy atom. The molecule has 3 nitrogen and oxygen atoms in total. The van der Waals surface area contributed by atoms with Gasteiger partial charge in [0, 0.05) is 52.2 Å². The lowest BCUT2D eigenvalue weighted by Gasteiger charge is -2.27. The van der Waals surface area contributed by atoms with Gasteiger partial charge in [-0.15, -0.1) is 0 Å². The fraction of sp³-hybridized carbons (Fsp3) is 0.0545. The average molecular weight is 746 g/mol. The number of nitrogens with one attached hydrogen (secondary N) is 1. The van der Waals surface area contributed by atoms with E-state index < -0.39 is 0 Å². The minimum atomic E-state index is 0.365. The van der Waals surface area contributed by atoms with Crippen molar-refractivity contribution in [3.05, 3.63) is 230 Å². The van der Waals surface area contributed by atoms with Crippen molar-refractivity contribution >= 4 is 38.9 Å². The van der Waals surface area contributed by atoms with E-state index in [1.807, 2.05) is 7.05 Å². The van der Waals surface area contributed by atoms with Gasteiger partial charge < -0.3 is 14.8 Å². The van der Waals surface area contributed by atoms with Gasteiger partial charge in [0.2, 0.25) is 0 Å². The maximum absolute atomic E-state index is 3.26. The molecular formula is C55H43N3. The van der Waals surface area contributed by atoms with Gasteiger partial charge in [0.25, 0.3) is 0 Å². The Kier molecular flexibility index (Phi) is 9.25. The van der Waals surface area contributed by atoms with Crippen molar-refractivity contribution in [3.8, 4) is 39.1 Å². The van der Waals surface area contributed by atoms with Gasteiger partial charge in [0.15, 0.2) is 0 Å². The van der Waals surface area contributed by atoms with Crippen molar-refractivity contribution in [2.75, 3.05) is 11.9 Å². The van der Waals surface area contributed by atoms with Crippen LogP contribution in [0.25, 0.3) is 60.9 Å². The molecule has 8 aromatic carbocycles. The highest BCUT2D eigenvalue weighted by Gasteiger charge is 2.17. The second-order valence-corrected chi connectivity index (χ2v) is 15.0. The summed E-state index contributed by atoms with van der Waals surface area (Å²) in [6, 6.07) is 72.7. The predicted octanol–water partition coefficient (Wildman–Crippen LogP) is 14.4. The Bertz CT molecular complexity index is 2860. The number of hydrogen-bond donors (Lipinski definition) is 1. The predicted molar refractivity (Wildman–Crippen MR) is 245 cm³/mol. The molecule has 0 saturated heterocycles. The molecule has 1 atom stereocenters. The summed E-state index contributed by atoms with van der Waals surface area (Å²) >= 11 is 0. The molecule has 1 unspecified atom stereocenters. The largest absolute Gasteiger partial charge is 0.388 e. The Morgan fingerprint density at radius 3 is 1.47 bits per heavy atom. The molecule has 1 aliphatic rings. The topological polar surface area (TPSA) is 20.2 Å². The summed E-state index contributed by atoms with van der Waals surface area (Å²) in [4.78, 5) is 2.36. The summed E-state index contributed by atoms with van der Waals surface area (Å²) < 4.78 is 2.38. The van der Waals surface area contributed by atoms with Gasteiger partial charge in [-0.2, -0.15) is 0 Å². The van der Waals surface area contributed by atoms with E-state index in [0.717, 1.165) is 29.2 Å².